The molecular formula is C14H21FN2. The summed E-state index contributed by atoms with van der Waals surface area (Å²) < 4.78 is 12.8. The van der Waals surface area contributed by atoms with Gasteiger partial charge in [-0.3, -0.25) is 0 Å². The lowest BCUT2D eigenvalue weighted by atomic mass is 9.97. The van der Waals surface area contributed by atoms with Crippen molar-refractivity contribution in [1.82, 2.24) is 10.2 Å². The van der Waals surface area contributed by atoms with E-state index < -0.39 is 0 Å². The Morgan fingerprint density at radius 2 is 1.88 bits per heavy atom. The van der Waals surface area contributed by atoms with Crippen LogP contribution in [0.3, 0.4) is 0 Å². The summed E-state index contributed by atoms with van der Waals surface area (Å²) in [6, 6.07) is 6.81. The van der Waals surface area contributed by atoms with Gasteiger partial charge in [0.1, 0.15) is 5.82 Å². The molecule has 0 radical (unpaired) electrons. The Balaban J connectivity index is 1.79. The highest BCUT2D eigenvalue weighted by Gasteiger charge is 2.14. The number of nitrogens with one attached hydrogen (secondary N) is 1. The minimum Gasteiger partial charge on any atom is -0.317 e. The van der Waals surface area contributed by atoms with Crippen molar-refractivity contribution >= 4 is 0 Å². The molecule has 94 valence electrons. The maximum atomic E-state index is 12.8. The second kappa shape index (κ2) is 6.12. The van der Waals surface area contributed by atoms with E-state index in [-0.39, 0.29) is 5.82 Å². The molecule has 1 fully saturated rings. The Morgan fingerprint density at radius 1 is 1.24 bits per heavy atom. The Morgan fingerprint density at radius 3 is 2.53 bits per heavy atom. The van der Waals surface area contributed by atoms with Crippen molar-refractivity contribution in [3.8, 4) is 0 Å². The Bertz CT molecular complexity index is 331. The highest BCUT2D eigenvalue weighted by atomic mass is 19.1. The minimum atomic E-state index is -0.158. The van der Waals surface area contributed by atoms with Crippen molar-refractivity contribution in [2.24, 2.45) is 5.92 Å². The van der Waals surface area contributed by atoms with Gasteiger partial charge in [0.2, 0.25) is 0 Å². The van der Waals surface area contributed by atoms with Crippen LogP contribution in [0.5, 0.6) is 0 Å². The fourth-order valence-electron chi connectivity index (χ4n) is 2.47. The van der Waals surface area contributed by atoms with Gasteiger partial charge in [-0.25, -0.2) is 4.39 Å². The van der Waals surface area contributed by atoms with Gasteiger partial charge in [-0.15, -0.1) is 0 Å². The summed E-state index contributed by atoms with van der Waals surface area (Å²) in [5.74, 6) is 0.649. The lowest BCUT2D eigenvalue weighted by Crippen LogP contribution is -2.34. The topological polar surface area (TPSA) is 15.3 Å². The van der Waals surface area contributed by atoms with Crippen LogP contribution in [0.25, 0.3) is 0 Å². The molecule has 3 heteroatoms. The number of piperidine rings is 1. The second-order valence-electron chi connectivity index (χ2n) is 5.02. The zero-order valence-electron chi connectivity index (χ0n) is 10.5. The summed E-state index contributed by atoms with van der Waals surface area (Å²) in [6.07, 6.45) is 2.54. The maximum absolute atomic E-state index is 12.8. The normalized spacial score (nSPS) is 17.6. The molecule has 0 atom stereocenters. The SMILES string of the molecule is CN(Cc1ccc(F)cc1)CC1CCNCC1. The summed E-state index contributed by atoms with van der Waals surface area (Å²) in [6.45, 7) is 4.34. The highest BCUT2D eigenvalue weighted by Crippen LogP contribution is 2.14. The van der Waals surface area contributed by atoms with Crippen LogP contribution in [0, 0.1) is 11.7 Å². The van der Waals surface area contributed by atoms with E-state index >= 15 is 0 Å². The van der Waals surface area contributed by atoms with Gasteiger partial charge in [0.15, 0.2) is 0 Å². The number of hydrogen-bond acceptors (Lipinski definition) is 2. The van der Waals surface area contributed by atoms with Crippen LogP contribution in [0.4, 0.5) is 4.39 Å². The summed E-state index contributed by atoms with van der Waals surface area (Å²) >= 11 is 0. The van der Waals surface area contributed by atoms with E-state index in [1.807, 2.05) is 12.1 Å². The van der Waals surface area contributed by atoms with Crippen LogP contribution < -0.4 is 5.32 Å². The molecule has 0 aliphatic carbocycles. The van der Waals surface area contributed by atoms with Crippen molar-refractivity contribution < 1.29 is 4.39 Å². The predicted octanol–water partition coefficient (Wildman–Crippen LogP) is 2.26. The zero-order valence-corrected chi connectivity index (χ0v) is 10.5. The van der Waals surface area contributed by atoms with E-state index in [1.165, 1.54) is 30.5 Å². The van der Waals surface area contributed by atoms with E-state index in [9.17, 15) is 4.39 Å². The van der Waals surface area contributed by atoms with Crippen LogP contribution in [-0.2, 0) is 6.54 Å². The summed E-state index contributed by atoms with van der Waals surface area (Å²) in [4.78, 5) is 2.34. The molecule has 1 aromatic rings. The lowest BCUT2D eigenvalue weighted by molar-refractivity contribution is 0.234. The Hall–Kier alpha value is -0.930. The third-order valence-corrected chi connectivity index (χ3v) is 3.39. The molecule has 17 heavy (non-hydrogen) atoms. The Labute approximate surface area is 103 Å². The van der Waals surface area contributed by atoms with Gasteiger partial charge in [0.05, 0.1) is 0 Å². The summed E-state index contributed by atoms with van der Waals surface area (Å²) in [7, 11) is 2.14. The molecular weight excluding hydrogens is 215 g/mol. The predicted molar refractivity (Wildman–Crippen MR) is 68.3 cm³/mol. The van der Waals surface area contributed by atoms with E-state index in [1.54, 1.807) is 0 Å². The zero-order chi connectivity index (χ0) is 12.1. The average Bonchev–Trinajstić information content (AvgIpc) is 2.33. The molecule has 1 aliphatic heterocycles. The molecule has 0 aromatic heterocycles. The molecule has 2 rings (SSSR count). The molecule has 0 amide bonds. The summed E-state index contributed by atoms with van der Waals surface area (Å²) in [5.41, 5.74) is 1.18. The third kappa shape index (κ3) is 4.10. The molecule has 0 spiro atoms. The van der Waals surface area contributed by atoms with Gasteiger partial charge in [-0.2, -0.15) is 0 Å². The van der Waals surface area contributed by atoms with Crippen molar-refractivity contribution in [2.75, 3.05) is 26.7 Å². The van der Waals surface area contributed by atoms with Gasteiger partial charge in [0, 0.05) is 13.1 Å². The van der Waals surface area contributed by atoms with Crippen LogP contribution in [0.2, 0.25) is 0 Å². The third-order valence-electron chi connectivity index (χ3n) is 3.39. The fourth-order valence-corrected chi connectivity index (χ4v) is 2.47. The quantitative estimate of drug-likeness (QED) is 0.862. The maximum Gasteiger partial charge on any atom is 0.123 e. The van der Waals surface area contributed by atoms with Gasteiger partial charge < -0.3 is 10.2 Å². The van der Waals surface area contributed by atoms with E-state index in [4.69, 9.17) is 0 Å². The second-order valence-corrected chi connectivity index (χ2v) is 5.02. The molecule has 0 bridgehead atoms. The first-order valence-corrected chi connectivity index (χ1v) is 6.38. The van der Waals surface area contributed by atoms with Crippen molar-refractivity contribution in [3.63, 3.8) is 0 Å². The van der Waals surface area contributed by atoms with Gasteiger partial charge in [-0.1, -0.05) is 12.1 Å². The van der Waals surface area contributed by atoms with Crippen molar-refractivity contribution in [1.29, 1.82) is 0 Å². The standard InChI is InChI=1S/C14H21FN2/c1-17(11-13-6-8-16-9-7-13)10-12-2-4-14(15)5-3-12/h2-5,13,16H,6-11H2,1H3. The Kier molecular flexibility index (Phi) is 4.51. The number of rotatable bonds is 4. The first-order chi connectivity index (χ1) is 8.24. The van der Waals surface area contributed by atoms with Gasteiger partial charge in [0.25, 0.3) is 0 Å². The van der Waals surface area contributed by atoms with E-state index in [0.717, 1.165) is 32.1 Å². The van der Waals surface area contributed by atoms with Crippen LogP contribution in [-0.4, -0.2) is 31.6 Å². The molecule has 0 saturated carbocycles. The lowest BCUT2D eigenvalue weighted by Gasteiger charge is -2.27. The first-order valence-electron chi connectivity index (χ1n) is 6.38. The van der Waals surface area contributed by atoms with Crippen LogP contribution in [0.15, 0.2) is 24.3 Å². The number of halogens is 1. The largest absolute Gasteiger partial charge is 0.317 e. The first kappa shape index (κ1) is 12.5. The molecule has 1 aromatic carbocycles. The molecule has 1 heterocycles. The van der Waals surface area contributed by atoms with Crippen molar-refractivity contribution in [3.05, 3.63) is 35.6 Å². The smallest absolute Gasteiger partial charge is 0.123 e. The van der Waals surface area contributed by atoms with Crippen LogP contribution in [0.1, 0.15) is 18.4 Å². The summed E-state index contributed by atoms with van der Waals surface area (Å²) in [5, 5.41) is 3.38. The molecule has 1 aliphatic rings. The highest BCUT2D eigenvalue weighted by molar-refractivity contribution is 5.15. The number of benzene rings is 1. The average molecular weight is 236 g/mol. The molecule has 1 saturated heterocycles. The monoisotopic (exact) mass is 236 g/mol. The van der Waals surface area contributed by atoms with Gasteiger partial charge >= 0.3 is 0 Å². The minimum absolute atomic E-state index is 0.158. The van der Waals surface area contributed by atoms with Crippen LogP contribution >= 0.6 is 0 Å². The molecule has 0 unspecified atom stereocenters. The molecule has 1 N–H and O–H groups in total. The van der Waals surface area contributed by atoms with E-state index in [0.29, 0.717) is 0 Å². The number of nitrogens with zero attached hydrogens (tertiary/aromatic N) is 1. The fraction of sp³-hybridized carbons (Fsp3) is 0.571. The number of hydrogen-bond donors (Lipinski definition) is 1. The molecule has 2 nitrogen and oxygen atoms in total. The van der Waals surface area contributed by atoms with Gasteiger partial charge in [-0.05, 0) is 56.6 Å². The van der Waals surface area contributed by atoms with E-state index in [2.05, 4.69) is 17.3 Å². The van der Waals surface area contributed by atoms with Crippen molar-refractivity contribution in [2.45, 2.75) is 19.4 Å².